The molecule has 0 radical (unpaired) electrons. The molecule has 0 saturated carbocycles. The number of nitrogens with one attached hydrogen (secondary N) is 1. The third-order valence-corrected chi connectivity index (χ3v) is 5.20. The molecule has 0 spiro atoms. The summed E-state index contributed by atoms with van der Waals surface area (Å²) in [5.74, 6) is 6.11. The van der Waals surface area contributed by atoms with Crippen LogP contribution in [0.2, 0.25) is 0 Å². The third-order valence-electron chi connectivity index (χ3n) is 3.35. The van der Waals surface area contributed by atoms with Crippen LogP contribution in [0.15, 0.2) is 23.2 Å². The van der Waals surface area contributed by atoms with E-state index >= 15 is 0 Å². The Hall–Kier alpha value is -1.18. The van der Waals surface area contributed by atoms with Crippen molar-refractivity contribution in [2.45, 2.75) is 24.7 Å². The van der Waals surface area contributed by atoms with Crippen molar-refractivity contribution in [3.05, 3.63) is 18.3 Å². The molecule has 0 aliphatic carbocycles. The van der Waals surface area contributed by atoms with Crippen LogP contribution in [-0.2, 0) is 10.0 Å². The van der Waals surface area contributed by atoms with Gasteiger partial charge in [0.2, 0.25) is 10.0 Å². The summed E-state index contributed by atoms with van der Waals surface area (Å²) in [5, 5.41) is 0. The van der Waals surface area contributed by atoms with E-state index in [9.17, 15) is 8.42 Å². The molecule has 0 aromatic carbocycles. The Morgan fingerprint density at radius 2 is 2.33 bits per heavy atom. The fraction of sp³-hybridized carbons (Fsp3) is 0.545. The van der Waals surface area contributed by atoms with E-state index in [4.69, 9.17) is 5.84 Å². The van der Waals surface area contributed by atoms with Crippen LogP contribution >= 0.6 is 0 Å². The van der Waals surface area contributed by atoms with Crippen LogP contribution in [0.5, 0.6) is 0 Å². The lowest BCUT2D eigenvalue weighted by atomic mass is 10.1. The van der Waals surface area contributed by atoms with E-state index in [0.717, 1.165) is 12.8 Å². The molecule has 1 aromatic rings. The van der Waals surface area contributed by atoms with Gasteiger partial charge in [-0.1, -0.05) is 13.3 Å². The summed E-state index contributed by atoms with van der Waals surface area (Å²) >= 11 is 0. The fourth-order valence-electron chi connectivity index (χ4n) is 2.12. The van der Waals surface area contributed by atoms with Crippen molar-refractivity contribution in [3.63, 3.8) is 0 Å². The van der Waals surface area contributed by atoms with E-state index in [1.165, 1.54) is 16.6 Å². The number of nitrogen functional groups attached to an aromatic ring is 1. The quantitative estimate of drug-likeness (QED) is 0.623. The second-order valence-electron chi connectivity index (χ2n) is 4.45. The number of hydrazine groups is 1. The van der Waals surface area contributed by atoms with Crippen molar-refractivity contribution in [1.82, 2.24) is 9.29 Å². The standard InChI is InChI=1S/C11H18N4O2S/c1-2-9-5-6-15(8-9)18(16,17)10-3-4-11(14-12)13-7-10/h3-4,7,9H,2,5-6,8,12H2,1H3,(H,13,14). The smallest absolute Gasteiger partial charge is 0.244 e. The van der Waals surface area contributed by atoms with E-state index in [0.29, 0.717) is 24.8 Å². The van der Waals surface area contributed by atoms with Crippen LogP contribution in [-0.4, -0.2) is 30.8 Å². The molecule has 18 heavy (non-hydrogen) atoms. The molecule has 2 rings (SSSR count). The highest BCUT2D eigenvalue weighted by atomic mass is 32.2. The maximum atomic E-state index is 12.3. The SMILES string of the molecule is CCC1CCN(S(=O)(=O)c2ccc(NN)nc2)C1. The molecule has 1 unspecified atom stereocenters. The molecule has 0 bridgehead atoms. The van der Waals surface area contributed by atoms with E-state index < -0.39 is 10.0 Å². The second-order valence-corrected chi connectivity index (χ2v) is 6.39. The highest BCUT2D eigenvalue weighted by Crippen LogP contribution is 2.25. The Morgan fingerprint density at radius 1 is 1.56 bits per heavy atom. The van der Waals surface area contributed by atoms with Crippen LogP contribution in [0.25, 0.3) is 0 Å². The zero-order valence-corrected chi connectivity index (χ0v) is 11.2. The summed E-state index contributed by atoms with van der Waals surface area (Å²) in [6.45, 7) is 3.29. The number of pyridine rings is 1. The molecule has 100 valence electrons. The molecule has 1 fully saturated rings. The van der Waals surface area contributed by atoms with Crippen LogP contribution in [0.3, 0.4) is 0 Å². The van der Waals surface area contributed by atoms with Crippen LogP contribution in [0.4, 0.5) is 5.82 Å². The molecule has 1 aliphatic heterocycles. The number of nitrogens with two attached hydrogens (primary N) is 1. The number of nitrogens with zero attached hydrogens (tertiary/aromatic N) is 2. The Bertz CT molecular complexity index is 500. The summed E-state index contributed by atoms with van der Waals surface area (Å²) < 4.78 is 26.2. The number of sulfonamides is 1. The first-order valence-electron chi connectivity index (χ1n) is 6.00. The maximum Gasteiger partial charge on any atom is 0.244 e. The lowest BCUT2D eigenvalue weighted by molar-refractivity contribution is 0.453. The lowest BCUT2D eigenvalue weighted by Crippen LogP contribution is -2.29. The molecular formula is C11H18N4O2S. The van der Waals surface area contributed by atoms with Crippen molar-refractivity contribution in [3.8, 4) is 0 Å². The minimum Gasteiger partial charge on any atom is -0.308 e. The van der Waals surface area contributed by atoms with E-state index in [2.05, 4.69) is 17.3 Å². The first-order chi connectivity index (χ1) is 8.57. The van der Waals surface area contributed by atoms with Crippen molar-refractivity contribution in [2.75, 3.05) is 18.5 Å². The van der Waals surface area contributed by atoms with Gasteiger partial charge in [0.05, 0.1) is 0 Å². The zero-order valence-electron chi connectivity index (χ0n) is 10.3. The number of anilines is 1. The average Bonchev–Trinajstić information content (AvgIpc) is 2.88. The predicted molar refractivity (Wildman–Crippen MR) is 69.2 cm³/mol. The van der Waals surface area contributed by atoms with Gasteiger partial charge in [-0.25, -0.2) is 19.2 Å². The predicted octanol–water partition coefficient (Wildman–Crippen LogP) is 0.788. The van der Waals surface area contributed by atoms with Crippen LogP contribution in [0, 0.1) is 5.92 Å². The van der Waals surface area contributed by atoms with Gasteiger partial charge in [-0.2, -0.15) is 4.31 Å². The van der Waals surface area contributed by atoms with E-state index in [1.807, 2.05) is 0 Å². The minimum absolute atomic E-state index is 0.221. The molecular weight excluding hydrogens is 252 g/mol. The van der Waals surface area contributed by atoms with Gasteiger partial charge in [-0.05, 0) is 24.5 Å². The Morgan fingerprint density at radius 3 is 2.83 bits per heavy atom. The molecule has 2 heterocycles. The minimum atomic E-state index is -3.40. The first-order valence-corrected chi connectivity index (χ1v) is 7.44. The van der Waals surface area contributed by atoms with Gasteiger partial charge in [-0.15, -0.1) is 0 Å². The van der Waals surface area contributed by atoms with Crippen LogP contribution < -0.4 is 11.3 Å². The van der Waals surface area contributed by atoms with Crippen molar-refractivity contribution in [2.24, 2.45) is 11.8 Å². The van der Waals surface area contributed by atoms with Gasteiger partial charge < -0.3 is 5.43 Å². The molecule has 0 amide bonds. The summed E-state index contributed by atoms with van der Waals surface area (Å²) in [4.78, 5) is 4.15. The first kappa shape index (κ1) is 13.3. The van der Waals surface area contributed by atoms with Gasteiger partial charge in [0.15, 0.2) is 0 Å². The summed E-state index contributed by atoms with van der Waals surface area (Å²) in [7, 11) is -3.40. The van der Waals surface area contributed by atoms with Crippen molar-refractivity contribution < 1.29 is 8.42 Å². The van der Waals surface area contributed by atoms with Gasteiger partial charge in [0.1, 0.15) is 10.7 Å². The number of hydrogen-bond donors (Lipinski definition) is 2. The van der Waals surface area contributed by atoms with Gasteiger partial charge in [0.25, 0.3) is 0 Å². The summed E-state index contributed by atoms with van der Waals surface area (Å²) in [5.41, 5.74) is 2.37. The largest absolute Gasteiger partial charge is 0.308 e. The average molecular weight is 270 g/mol. The number of rotatable bonds is 4. The van der Waals surface area contributed by atoms with E-state index in [-0.39, 0.29) is 4.90 Å². The molecule has 1 atom stereocenters. The number of aromatic nitrogens is 1. The zero-order chi connectivity index (χ0) is 13.2. The van der Waals surface area contributed by atoms with Crippen molar-refractivity contribution in [1.29, 1.82) is 0 Å². The summed E-state index contributed by atoms with van der Waals surface area (Å²) in [6, 6.07) is 3.08. The Kier molecular flexibility index (Phi) is 3.84. The van der Waals surface area contributed by atoms with Gasteiger partial charge in [-0.3, -0.25) is 0 Å². The third kappa shape index (κ3) is 2.47. The molecule has 1 aliphatic rings. The van der Waals surface area contributed by atoms with Gasteiger partial charge in [0, 0.05) is 19.3 Å². The molecule has 1 aromatic heterocycles. The van der Waals surface area contributed by atoms with Crippen LogP contribution in [0.1, 0.15) is 19.8 Å². The van der Waals surface area contributed by atoms with Crippen molar-refractivity contribution >= 4 is 15.8 Å². The van der Waals surface area contributed by atoms with Gasteiger partial charge >= 0.3 is 0 Å². The molecule has 6 nitrogen and oxygen atoms in total. The van der Waals surface area contributed by atoms with E-state index in [1.54, 1.807) is 6.07 Å². The molecule has 3 N–H and O–H groups in total. The topological polar surface area (TPSA) is 88.3 Å². The highest BCUT2D eigenvalue weighted by molar-refractivity contribution is 7.89. The Labute approximate surface area is 107 Å². The number of hydrogen-bond acceptors (Lipinski definition) is 5. The molecule has 7 heteroatoms. The Balaban J connectivity index is 2.20. The highest BCUT2D eigenvalue weighted by Gasteiger charge is 2.31. The fourth-order valence-corrected chi connectivity index (χ4v) is 3.59. The normalized spacial score (nSPS) is 21.1. The lowest BCUT2D eigenvalue weighted by Gasteiger charge is -2.16. The second kappa shape index (κ2) is 5.21. The maximum absolute atomic E-state index is 12.3. The molecule has 1 saturated heterocycles. The monoisotopic (exact) mass is 270 g/mol. The summed E-state index contributed by atoms with van der Waals surface area (Å²) in [6.07, 6.45) is 3.29.